The molecule has 0 unspecified atom stereocenters. The van der Waals surface area contributed by atoms with Crippen LogP contribution in [0.2, 0.25) is 0 Å². The molecule has 0 aliphatic heterocycles. The molecule has 0 aliphatic carbocycles. The molecule has 0 atom stereocenters. The van der Waals surface area contributed by atoms with E-state index in [-0.39, 0.29) is 24.6 Å². The first-order valence-electron chi connectivity index (χ1n) is 5.96. The third-order valence-corrected chi connectivity index (χ3v) is 3.49. The third kappa shape index (κ3) is 3.72. The van der Waals surface area contributed by atoms with Crippen LogP contribution in [-0.4, -0.2) is 36.6 Å². The predicted molar refractivity (Wildman–Crippen MR) is 74.5 cm³/mol. The second-order valence-electron chi connectivity index (χ2n) is 4.21. The van der Waals surface area contributed by atoms with Crippen molar-refractivity contribution in [3.05, 3.63) is 36.2 Å². The van der Waals surface area contributed by atoms with Crippen molar-refractivity contribution < 1.29 is 13.2 Å². The first-order chi connectivity index (χ1) is 9.47. The first kappa shape index (κ1) is 14.4. The number of sulfonamides is 1. The van der Waals surface area contributed by atoms with Crippen LogP contribution in [0.1, 0.15) is 16.8 Å². The molecule has 2 aromatic rings. The predicted octanol–water partition coefficient (Wildman–Crippen LogP) is 0.0382. The number of rotatable bonds is 5. The zero-order chi connectivity index (χ0) is 14.6. The molecule has 0 saturated heterocycles. The molecule has 1 aromatic carbocycles. The maximum atomic E-state index is 12.0. The molecule has 106 valence electrons. The average molecular weight is 294 g/mol. The topological polar surface area (TPSA) is 115 Å². The quantitative estimate of drug-likeness (QED) is 0.755. The monoisotopic (exact) mass is 294 g/mol. The summed E-state index contributed by atoms with van der Waals surface area (Å²) in [4.78, 5) is 20.3. The van der Waals surface area contributed by atoms with Gasteiger partial charge < -0.3 is 5.32 Å². The van der Waals surface area contributed by atoms with E-state index in [0.717, 1.165) is 0 Å². The number of primary sulfonamides is 1. The lowest BCUT2D eigenvalue weighted by Crippen LogP contribution is -2.27. The summed E-state index contributed by atoms with van der Waals surface area (Å²) in [6.07, 6.45) is 3.33. The van der Waals surface area contributed by atoms with E-state index in [9.17, 15) is 13.2 Å². The van der Waals surface area contributed by atoms with Crippen LogP contribution in [0, 0.1) is 0 Å². The number of hydrogen-bond donors (Lipinski definition) is 2. The Morgan fingerprint density at radius 1 is 1.25 bits per heavy atom. The van der Waals surface area contributed by atoms with Gasteiger partial charge >= 0.3 is 0 Å². The van der Waals surface area contributed by atoms with Crippen molar-refractivity contribution in [1.29, 1.82) is 0 Å². The highest BCUT2D eigenvalue weighted by Crippen LogP contribution is 2.13. The van der Waals surface area contributed by atoms with Crippen molar-refractivity contribution in [1.82, 2.24) is 15.3 Å². The Balaban J connectivity index is 2.05. The van der Waals surface area contributed by atoms with Crippen molar-refractivity contribution in [2.24, 2.45) is 5.14 Å². The van der Waals surface area contributed by atoms with Crippen molar-refractivity contribution in [2.75, 3.05) is 12.3 Å². The molecule has 2 rings (SSSR count). The Kier molecular flexibility index (Phi) is 4.26. The summed E-state index contributed by atoms with van der Waals surface area (Å²) in [5.74, 6) is -0.478. The normalized spacial score (nSPS) is 11.4. The lowest BCUT2D eigenvalue weighted by molar-refractivity contribution is 0.0955. The number of amides is 1. The number of para-hydroxylation sites is 1. The lowest BCUT2D eigenvalue weighted by Gasteiger charge is -2.06. The first-order valence-corrected chi connectivity index (χ1v) is 7.67. The molecule has 0 bridgehead atoms. The number of benzene rings is 1. The molecule has 0 aliphatic rings. The van der Waals surface area contributed by atoms with Crippen molar-refractivity contribution in [2.45, 2.75) is 6.42 Å². The van der Waals surface area contributed by atoms with Gasteiger partial charge in [-0.1, -0.05) is 6.07 Å². The van der Waals surface area contributed by atoms with E-state index in [2.05, 4.69) is 15.3 Å². The number of hydrogen-bond acceptors (Lipinski definition) is 5. The van der Waals surface area contributed by atoms with E-state index in [0.29, 0.717) is 16.6 Å². The van der Waals surface area contributed by atoms with Gasteiger partial charge in [-0.15, -0.1) is 0 Å². The Bertz CT molecular complexity index is 725. The van der Waals surface area contributed by atoms with E-state index in [4.69, 9.17) is 5.14 Å². The van der Waals surface area contributed by atoms with Crippen LogP contribution in [-0.2, 0) is 10.0 Å². The summed E-state index contributed by atoms with van der Waals surface area (Å²) in [6, 6.07) is 5.13. The van der Waals surface area contributed by atoms with E-state index in [1.54, 1.807) is 24.4 Å². The van der Waals surface area contributed by atoms with E-state index in [1.807, 2.05) is 0 Å². The van der Waals surface area contributed by atoms with Gasteiger partial charge in [0.1, 0.15) is 5.52 Å². The van der Waals surface area contributed by atoms with Crippen molar-refractivity contribution in [3.8, 4) is 0 Å². The molecule has 0 saturated carbocycles. The SMILES string of the molecule is NS(=O)(=O)CCCNC(=O)c1cccc2nccnc12. The molecule has 0 radical (unpaired) electrons. The van der Waals surface area contributed by atoms with Crippen LogP contribution >= 0.6 is 0 Å². The van der Waals surface area contributed by atoms with Gasteiger partial charge in [-0.3, -0.25) is 14.8 Å². The Morgan fingerprint density at radius 3 is 2.75 bits per heavy atom. The number of nitrogens with one attached hydrogen (secondary N) is 1. The minimum atomic E-state index is -3.50. The zero-order valence-corrected chi connectivity index (χ0v) is 11.4. The van der Waals surface area contributed by atoms with E-state index in [1.165, 1.54) is 6.20 Å². The van der Waals surface area contributed by atoms with Crippen LogP contribution in [0.25, 0.3) is 11.0 Å². The fourth-order valence-corrected chi connectivity index (χ4v) is 2.29. The van der Waals surface area contributed by atoms with Crippen molar-refractivity contribution >= 4 is 27.0 Å². The highest BCUT2D eigenvalue weighted by Gasteiger charge is 2.11. The second-order valence-corrected chi connectivity index (χ2v) is 5.94. The van der Waals surface area contributed by atoms with Gasteiger partial charge in [0.05, 0.1) is 16.8 Å². The second kappa shape index (κ2) is 5.93. The zero-order valence-electron chi connectivity index (χ0n) is 10.6. The molecule has 7 nitrogen and oxygen atoms in total. The Hall–Kier alpha value is -2.06. The lowest BCUT2D eigenvalue weighted by atomic mass is 10.1. The Morgan fingerprint density at radius 2 is 2.00 bits per heavy atom. The van der Waals surface area contributed by atoms with Gasteiger partial charge in [0.15, 0.2) is 0 Å². The van der Waals surface area contributed by atoms with Crippen LogP contribution < -0.4 is 10.5 Å². The molecule has 3 N–H and O–H groups in total. The maximum Gasteiger partial charge on any atom is 0.253 e. The Labute approximate surface area is 116 Å². The minimum Gasteiger partial charge on any atom is -0.352 e. The molecule has 1 aromatic heterocycles. The largest absolute Gasteiger partial charge is 0.352 e. The van der Waals surface area contributed by atoms with Gasteiger partial charge in [-0.05, 0) is 18.6 Å². The highest BCUT2D eigenvalue weighted by molar-refractivity contribution is 7.89. The molecular weight excluding hydrogens is 280 g/mol. The van der Waals surface area contributed by atoms with Gasteiger partial charge in [0, 0.05) is 18.9 Å². The number of carbonyl (C=O) groups excluding carboxylic acids is 1. The third-order valence-electron chi connectivity index (χ3n) is 2.63. The fourth-order valence-electron chi connectivity index (χ4n) is 1.75. The molecule has 8 heteroatoms. The molecular formula is C12H14N4O3S. The average Bonchev–Trinajstić information content (AvgIpc) is 2.41. The summed E-state index contributed by atoms with van der Waals surface area (Å²) in [7, 11) is -3.50. The summed E-state index contributed by atoms with van der Waals surface area (Å²) in [5.41, 5.74) is 1.55. The molecule has 1 heterocycles. The standard InChI is InChI=1S/C12H14N4O3S/c13-20(18,19)8-2-5-16-12(17)9-3-1-4-10-11(9)15-7-6-14-10/h1,3-4,6-7H,2,5,8H2,(H,16,17)(H2,13,18,19). The minimum absolute atomic E-state index is 0.164. The van der Waals surface area contributed by atoms with Gasteiger partial charge in [-0.25, -0.2) is 13.6 Å². The number of aromatic nitrogens is 2. The number of nitrogens with zero attached hydrogens (tertiary/aromatic N) is 2. The van der Waals surface area contributed by atoms with Crippen LogP contribution in [0.3, 0.4) is 0 Å². The van der Waals surface area contributed by atoms with E-state index < -0.39 is 10.0 Å². The van der Waals surface area contributed by atoms with Gasteiger partial charge in [0.25, 0.3) is 5.91 Å². The van der Waals surface area contributed by atoms with E-state index >= 15 is 0 Å². The van der Waals surface area contributed by atoms with Crippen molar-refractivity contribution in [3.63, 3.8) is 0 Å². The number of carbonyl (C=O) groups is 1. The van der Waals surface area contributed by atoms with Crippen LogP contribution in [0.5, 0.6) is 0 Å². The highest BCUT2D eigenvalue weighted by atomic mass is 32.2. The molecule has 1 amide bonds. The molecule has 0 fully saturated rings. The molecule has 20 heavy (non-hydrogen) atoms. The summed E-state index contributed by atoms with van der Waals surface area (Å²) in [5, 5.41) is 7.52. The molecule has 0 spiro atoms. The summed E-state index contributed by atoms with van der Waals surface area (Å²) in [6.45, 7) is 0.228. The summed E-state index contributed by atoms with van der Waals surface area (Å²) >= 11 is 0. The maximum absolute atomic E-state index is 12.0. The smallest absolute Gasteiger partial charge is 0.253 e. The number of nitrogens with two attached hydrogens (primary N) is 1. The fraction of sp³-hybridized carbons (Fsp3) is 0.250. The van der Waals surface area contributed by atoms with Crippen LogP contribution in [0.4, 0.5) is 0 Å². The number of fused-ring (bicyclic) bond motifs is 1. The van der Waals surface area contributed by atoms with Crippen LogP contribution in [0.15, 0.2) is 30.6 Å². The van der Waals surface area contributed by atoms with Gasteiger partial charge in [0.2, 0.25) is 10.0 Å². The summed E-state index contributed by atoms with van der Waals surface area (Å²) < 4.78 is 21.5. The van der Waals surface area contributed by atoms with Gasteiger partial charge in [-0.2, -0.15) is 0 Å².